The summed E-state index contributed by atoms with van der Waals surface area (Å²) in [6.45, 7) is 3.39. The Labute approximate surface area is 92.5 Å². The molecule has 88 valence electrons. The molecule has 1 aliphatic carbocycles. The van der Waals surface area contributed by atoms with Gasteiger partial charge in [0, 0.05) is 28.7 Å². The Kier molecular flexibility index (Phi) is 2.31. The lowest BCUT2D eigenvalue weighted by Crippen LogP contribution is -2.44. The maximum Gasteiger partial charge on any atom is 0.132 e. The summed E-state index contributed by atoms with van der Waals surface area (Å²) in [4.78, 5) is 0. The number of benzene rings is 1. The SMILES string of the molecule is CC(C)(c1c(F)cc(F)cc1F)C1(N)CC1. The lowest BCUT2D eigenvalue weighted by atomic mass is 9.75. The number of hydrogen-bond donors (Lipinski definition) is 1. The normalized spacial score (nSPS) is 18.6. The van der Waals surface area contributed by atoms with Crippen molar-refractivity contribution in [2.24, 2.45) is 5.73 Å². The van der Waals surface area contributed by atoms with Gasteiger partial charge >= 0.3 is 0 Å². The zero-order valence-electron chi connectivity index (χ0n) is 9.28. The molecule has 0 radical (unpaired) electrons. The lowest BCUT2D eigenvalue weighted by molar-refractivity contribution is 0.354. The van der Waals surface area contributed by atoms with Gasteiger partial charge in [0.15, 0.2) is 0 Å². The van der Waals surface area contributed by atoms with Crippen molar-refractivity contribution in [1.82, 2.24) is 0 Å². The standard InChI is InChI=1S/C12H14F3N/c1-11(2,12(16)3-4-12)10-8(14)5-7(13)6-9(10)15/h5-6H,3-4,16H2,1-2H3. The zero-order valence-corrected chi connectivity index (χ0v) is 9.28. The Balaban J connectivity index is 2.56. The third-order valence-corrected chi connectivity index (χ3v) is 3.67. The number of halogens is 3. The molecule has 0 heterocycles. The topological polar surface area (TPSA) is 26.0 Å². The van der Waals surface area contributed by atoms with E-state index in [9.17, 15) is 13.2 Å². The van der Waals surface area contributed by atoms with Crippen molar-refractivity contribution in [3.63, 3.8) is 0 Å². The molecule has 0 aromatic heterocycles. The van der Waals surface area contributed by atoms with E-state index in [0.29, 0.717) is 12.1 Å². The second-order valence-corrected chi connectivity index (χ2v) is 5.03. The van der Waals surface area contributed by atoms with Crippen LogP contribution in [0.1, 0.15) is 32.3 Å². The Hall–Kier alpha value is -1.03. The van der Waals surface area contributed by atoms with Crippen LogP contribution in [0.3, 0.4) is 0 Å². The van der Waals surface area contributed by atoms with E-state index in [4.69, 9.17) is 5.73 Å². The van der Waals surface area contributed by atoms with E-state index < -0.39 is 28.4 Å². The van der Waals surface area contributed by atoms with Gasteiger partial charge in [0.05, 0.1) is 0 Å². The van der Waals surface area contributed by atoms with Crippen LogP contribution in [0.5, 0.6) is 0 Å². The van der Waals surface area contributed by atoms with E-state index in [0.717, 1.165) is 12.8 Å². The molecule has 2 rings (SSSR count). The highest BCUT2D eigenvalue weighted by atomic mass is 19.1. The largest absolute Gasteiger partial charge is 0.324 e. The van der Waals surface area contributed by atoms with E-state index in [-0.39, 0.29) is 5.56 Å². The summed E-state index contributed by atoms with van der Waals surface area (Å²) in [5.41, 5.74) is 4.49. The number of rotatable bonds is 2. The molecule has 4 heteroatoms. The lowest BCUT2D eigenvalue weighted by Gasteiger charge is -2.33. The molecule has 1 aromatic rings. The van der Waals surface area contributed by atoms with Crippen LogP contribution in [-0.4, -0.2) is 5.54 Å². The summed E-state index contributed by atoms with van der Waals surface area (Å²) < 4.78 is 40.1. The summed E-state index contributed by atoms with van der Waals surface area (Å²) in [5.74, 6) is -2.63. The second-order valence-electron chi connectivity index (χ2n) is 5.03. The molecule has 1 aromatic carbocycles. The minimum absolute atomic E-state index is 0.117. The molecule has 2 N–H and O–H groups in total. The van der Waals surface area contributed by atoms with E-state index in [1.165, 1.54) is 0 Å². The predicted molar refractivity (Wildman–Crippen MR) is 55.5 cm³/mol. The van der Waals surface area contributed by atoms with Crippen molar-refractivity contribution < 1.29 is 13.2 Å². The van der Waals surface area contributed by atoms with Gasteiger partial charge in [0.25, 0.3) is 0 Å². The molecular formula is C12H14F3N. The zero-order chi connectivity index (χ0) is 12.1. The van der Waals surface area contributed by atoms with Crippen molar-refractivity contribution in [1.29, 1.82) is 0 Å². The molecular weight excluding hydrogens is 215 g/mol. The fraction of sp³-hybridized carbons (Fsp3) is 0.500. The molecule has 1 aliphatic rings. The van der Waals surface area contributed by atoms with Crippen LogP contribution >= 0.6 is 0 Å². The van der Waals surface area contributed by atoms with Gasteiger partial charge in [-0.3, -0.25) is 0 Å². The first-order valence-electron chi connectivity index (χ1n) is 5.22. The minimum Gasteiger partial charge on any atom is -0.324 e. The predicted octanol–water partition coefficient (Wildman–Crippen LogP) is 2.87. The Morgan fingerprint density at radius 3 is 1.94 bits per heavy atom. The first kappa shape index (κ1) is 11.5. The average molecular weight is 229 g/mol. The molecule has 1 fully saturated rings. The van der Waals surface area contributed by atoms with Gasteiger partial charge in [0.2, 0.25) is 0 Å². The fourth-order valence-electron chi connectivity index (χ4n) is 2.15. The molecule has 0 spiro atoms. The smallest absolute Gasteiger partial charge is 0.132 e. The molecule has 0 bridgehead atoms. The molecule has 1 saturated carbocycles. The third-order valence-electron chi connectivity index (χ3n) is 3.67. The molecule has 0 amide bonds. The first-order valence-corrected chi connectivity index (χ1v) is 5.22. The van der Waals surface area contributed by atoms with Crippen LogP contribution in [0, 0.1) is 17.5 Å². The van der Waals surface area contributed by atoms with Crippen LogP contribution in [-0.2, 0) is 5.41 Å². The Morgan fingerprint density at radius 2 is 1.56 bits per heavy atom. The Bertz CT molecular complexity index is 413. The monoisotopic (exact) mass is 229 g/mol. The fourth-order valence-corrected chi connectivity index (χ4v) is 2.15. The summed E-state index contributed by atoms with van der Waals surface area (Å²) in [7, 11) is 0. The van der Waals surface area contributed by atoms with Crippen molar-refractivity contribution in [2.75, 3.05) is 0 Å². The van der Waals surface area contributed by atoms with Crippen LogP contribution in [0.25, 0.3) is 0 Å². The highest BCUT2D eigenvalue weighted by Crippen LogP contribution is 2.50. The van der Waals surface area contributed by atoms with Gasteiger partial charge in [0.1, 0.15) is 17.5 Å². The van der Waals surface area contributed by atoms with Gasteiger partial charge in [-0.2, -0.15) is 0 Å². The summed E-state index contributed by atoms with van der Waals surface area (Å²) in [6, 6.07) is 1.40. The molecule has 0 aliphatic heterocycles. The van der Waals surface area contributed by atoms with Crippen LogP contribution < -0.4 is 5.73 Å². The van der Waals surface area contributed by atoms with Crippen LogP contribution in [0.15, 0.2) is 12.1 Å². The van der Waals surface area contributed by atoms with Gasteiger partial charge in [-0.15, -0.1) is 0 Å². The summed E-state index contributed by atoms with van der Waals surface area (Å²) in [6.07, 6.45) is 1.46. The number of hydrogen-bond acceptors (Lipinski definition) is 1. The van der Waals surface area contributed by atoms with E-state index >= 15 is 0 Å². The highest BCUT2D eigenvalue weighted by Gasteiger charge is 2.53. The summed E-state index contributed by atoms with van der Waals surface area (Å²) in [5, 5.41) is 0. The second kappa shape index (κ2) is 3.23. The van der Waals surface area contributed by atoms with Gasteiger partial charge in [-0.05, 0) is 12.8 Å². The molecule has 0 saturated heterocycles. The van der Waals surface area contributed by atoms with E-state index in [2.05, 4.69) is 0 Å². The van der Waals surface area contributed by atoms with E-state index in [1.807, 2.05) is 0 Å². The minimum atomic E-state index is -0.906. The van der Waals surface area contributed by atoms with E-state index in [1.54, 1.807) is 13.8 Å². The number of nitrogens with two attached hydrogens (primary N) is 1. The quantitative estimate of drug-likeness (QED) is 0.829. The van der Waals surface area contributed by atoms with Crippen molar-refractivity contribution >= 4 is 0 Å². The van der Waals surface area contributed by atoms with Gasteiger partial charge in [-0.25, -0.2) is 13.2 Å². The molecule has 16 heavy (non-hydrogen) atoms. The molecule has 0 atom stereocenters. The molecule has 0 unspecified atom stereocenters. The van der Waals surface area contributed by atoms with Crippen molar-refractivity contribution in [3.05, 3.63) is 35.1 Å². The van der Waals surface area contributed by atoms with Crippen LogP contribution in [0.4, 0.5) is 13.2 Å². The van der Waals surface area contributed by atoms with Crippen LogP contribution in [0.2, 0.25) is 0 Å². The third kappa shape index (κ3) is 1.52. The summed E-state index contributed by atoms with van der Waals surface area (Å²) >= 11 is 0. The van der Waals surface area contributed by atoms with Gasteiger partial charge < -0.3 is 5.73 Å². The molecule has 1 nitrogen and oxygen atoms in total. The van der Waals surface area contributed by atoms with Gasteiger partial charge in [-0.1, -0.05) is 13.8 Å². The highest BCUT2D eigenvalue weighted by molar-refractivity contribution is 5.35. The maximum atomic E-state index is 13.6. The van der Waals surface area contributed by atoms with Crippen molar-refractivity contribution in [2.45, 2.75) is 37.6 Å². The Morgan fingerprint density at radius 1 is 1.12 bits per heavy atom. The maximum absolute atomic E-state index is 13.6. The first-order chi connectivity index (χ1) is 7.28. The average Bonchev–Trinajstić information content (AvgIpc) is 2.82. The van der Waals surface area contributed by atoms with Crippen molar-refractivity contribution in [3.8, 4) is 0 Å².